The highest BCUT2D eigenvalue weighted by Gasteiger charge is 2.28. The lowest BCUT2D eigenvalue weighted by Crippen LogP contribution is -2.43. The largest absolute Gasteiger partial charge is 0.454 e. The van der Waals surface area contributed by atoms with Gasteiger partial charge in [0.2, 0.25) is 6.79 Å². The predicted octanol–water partition coefficient (Wildman–Crippen LogP) is 2.94. The maximum absolute atomic E-state index is 12.0. The summed E-state index contributed by atoms with van der Waals surface area (Å²) < 4.78 is 39.3. The standard InChI is InChI=1S/C22H35N3O4S/c1-24(2)30(26,27)23-19-8-6-17(7-9-19)10-13-25-14-11-18(12-15-25)20-4-3-5-21-22(20)29-16-28-21/h3-5,17-19,23H,6-16H2,1-2H3. The van der Waals surface area contributed by atoms with Gasteiger partial charge in [0.05, 0.1) is 0 Å². The molecular weight excluding hydrogens is 402 g/mol. The Labute approximate surface area is 180 Å². The Morgan fingerprint density at radius 3 is 2.50 bits per heavy atom. The number of nitrogens with zero attached hydrogens (tertiary/aromatic N) is 2. The van der Waals surface area contributed by atoms with E-state index in [0.29, 0.717) is 18.6 Å². The molecule has 1 aliphatic carbocycles. The molecule has 0 spiro atoms. The van der Waals surface area contributed by atoms with Crippen molar-refractivity contribution in [1.82, 2.24) is 13.9 Å². The molecular formula is C22H35N3O4S. The number of hydrogen-bond donors (Lipinski definition) is 1. The lowest BCUT2D eigenvalue weighted by molar-refractivity contribution is 0.169. The fourth-order valence-electron chi connectivity index (χ4n) is 4.99. The molecule has 2 heterocycles. The minimum atomic E-state index is -3.32. The number of hydrogen-bond acceptors (Lipinski definition) is 5. The topological polar surface area (TPSA) is 71.1 Å². The molecule has 3 aliphatic rings. The van der Waals surface area contributed by atoms with Crippen molar-refractivity contribution in [3.63, 3.8) is 0 Å². The molecule has 2 aliphatic heterocycles. The molecule has 0 aromatic heterocycles. The molecule has 0 radical (unpaired) electrons. The normalized spacial score (nSPS) is 25.7. The van der Waals surface area contributed by atoms with Crippen molar-refractivity contribution in [2.45, 2.75) is 56.9 Å². The number of benzene rings is 1. The molecule has 1 aromatic carbocycles. The summed E-state index contributed by atoms with van der Waals surface area (Å²) in [5, 5.41) is 0. The lowest BCUT2D eigenvalue weighted by atomic mass is 9.84. The Balaban J connectivity index is 1.18. The van der Waals surface area contributed by atoms with Gasteiger partial charge in [0, 0.05) is 25.7 Å². The molecule has 30 heavy (non-hydrogen) atoms. The first-order chi connectivity index (χ1) is 14.4. The van der Waals surface area contributed by atoms with E-state index in [9.17, 15) is 8.42 Å². The molecule has 1 saturated carbocycles. The van der Waals surface area contributed by atoms with Crippen molar-refractivity contribution in [3.8, 4) is 11.5 Å². The summed E-state index contributed by atoms with van der Waals surface area (Å²) in [5.74, 6) is 3.11. The second-order valence-electron chi connectivity index (χ2n) is 9.11. The second-order valence-corrected chi connectivity index (χ2v) is 11.0. The fourth-order valence-corrected chi connectivity index (χ4v) is 5.86. The highest BCUT2D eigenvalue weighted by Crippen LogP contribution is 2.42. The molecule has 0 atom stereocenters. The van der Waals surface area contributed by atoms with Crippen molar-refractivity contribution in [1.29, 1.82) is 0 Å². The van der Waals surface area contributed by atoms with Crippen LogP contribution in [0.5, 0.6) is 11.5 Å². The molecule has 1 saturated heterocycles. The predicted molar refractivity (Wildman–Crippen MR) is 117 cm³/mol. The van der Waals surface area contributed by atoms with Crippen molar-refractivity contribution in [3.05, 3.63) is 23.8 Å². The molecule has 0 amide bonds. The maximum Gasteiger partial charge on any atom is 0.279 e. The van der Waals surface area contributed by atoms with Gasteiger partial charge in [-0.25, -0.2) is 0 Å². The van der Waals surface area contributed by atoms with Gasteiger partial charge in [-0.3, -0.25) is 0 Å². The summed E-state index contributed by atoms with van der Waals surface area (Å²) in [6.07, 6.45) is 7.67. The van der Waals surface area contributed by atoms with Crippen LogP contribution in [-0.4, -0.2) is 64.2 Å². The zero-order valence-corrected chi connectivity index (χ0v) is 19.0. The van der Waals surface area contributed by atoms with Crippen LogP contribution in [0, 0.1) is 5.92 Å². The van der Waals surface area contributed by atoms with Gasteiger partial charge < -0.3 is 14.4 Å². The Kier molecular flexibility index (Phi) is 6.87. The van der Waals surface area contributed by atoms with Crippen LogP contribution in [0.2, 0.25) is 0 Å². The average molecular weight is 438 g/mol. The number of piperidine rings is 1. The summed E-state index contributed by atoms with van der Waals surface area (Å²) in [5.41, 5.74) is 1.31. The first-order valence-corrected chi connectivity index (χ1v) is 12.7. The van der Waals surface area contributed by atoms with E-state index in [0.717, 1.165) is 56.8 Å². The van der Waals surface area contributed by atoms with E-state index in [1.165, 1.54) is 29.1 Å². The maximum atomic E-state index is 12.0. The monoisotopic (exact) mass is 437 g/mol. The SMILES string of the molecule is CN(C)S(=O)(=O)NC1CCC(CCN2CCC(c3cccc4c3OCO4)CC2)CC1. The van der Waals surface area contributed by atoms with E-state index in [2.05, 4.69) is 21.8 Å². The van der Waals surface area contributed by atoms with Gasteiger partial charge in [-0.2, -0.15) is 17.4 Å². The summed E-state index contributed by atoms with van der Waals surface area (Å²) >= 11 is 0. The van der Waals surface area contributed by atoms with Crippen LogP contribution in [0.4, 0.5) is 0 Å². The molecule has 7 nitrogen and oxygen atoms in total. The first-order valence-electron chi connectivity index (χ1n) is 11.2. The molecule has 1 aromatic rings. The van der Waals surface area contributed by atoms with Gasteiger partial charge in [-0.15, -0.1) is 0 Å². The lowest BCUT2D eigenvalue weighted by Gasteiger charge is -2.34. The van der Waals surface area contributed by atoms with Crippen LogP contribution in [0.15, 0.2) is 18.2 Å². The molecule has 0 bridgehead atoms. The highest BCUT2D eigenvalue weighted by atomic mass is 32.2. The van der Waals surface area contributed by atoms with Gasteiger partial charge in [0.25, 0.3) is 10.2 Å². The first kappa shape index (κ1) is 21.9. The molecule has 2 fully saturated rings. The number of likely N-dealkylation sites (tertiary alicyclic amines) is 1. The highest BCUT2D eigenvalue weighted by molar-refractivity contribution is 7.87. The average Bonchev–Trinajstić information content (AvgIpc) is 3.22. The van der Waals surface area contributed by atoms with Gasteiger partial charge in [-0.1, -0.05) is 12.1 Å². The van der Waals surface area contributed by atoms with Gasteiger partial charge >= 0.3 is 0 Å². The van der Waals surface area contributed by atoms with Crippen LogP contribution in [0.25, 0.3) is 0 Å². The second kappa shape index (κ2) is 9.42. The van der Waals surface area contributed by atoms with Crippen LogP contribution in [-0.2, 0) is 10.2 Å². The summed E-state index contributed by atoms with van der Waals surface area (Å²) in [6, 6.07) is 6.34. The van der Waals surface area contributed by atoms with E-state index >= 15 is 0 Å². The van der Waals surface area contributed by atoms with E-state index in [4.69, 9.17) is 9.47 Å². The van der Waals surface area contributed by atoms with Crippen LogP contribution < -0.4 is 14.2 Å². The van der Waals surface area contributed by atoms with Crippen LogP contribution in [0.3, 0.4) is 0 Å². The van der Waals surface area contributed by atoms with Crippen molar-refractivity contribution in [2.75, 3.05) is 40.5 Å². The number of fused-ring (bicyclic) bond motifs is 1. The van der Waals surface area contributed by atoms with Gasteiger partial charge in [-0.05, 0) is 82.5 Å². The van der Waals surface area contributed by atoms with Crippen molar-refractivity contribution < 1.29 is 17.9 Å². The van der Waals surface area contributed by atoms with Gasteiger partial charge in [0.15, 0.2) is 11.5 Å². The van der Waals surface area contributed by atoms with E-state index in [1.54, 1.807) is 14.1 Å². The molecule has 1 N–H and O–H groups in total. The number of rotatable bonds is 7. The third-order valence-corrected chi connectivity index (χ3v) is 8.54. The van der Waals surface area contributed by atoms with E-state index < -0.39 is 10.2 Å². The zero-order valence-electron chi connectivity index (χ0n) is 18.2. The number of para-hydroxylation sites is 1. The van der Waals surface area contributed by atoms with Crippen LogP contribution >= 0.6 is 0 Å². The fraction of sp³-hybridized carbons (Fsp3) is 0.727. The summed E-state index contributed by atoms with van der Waals surface area (Å²) in [4.78, 5) is 2.60. The van der Waals surface area contributed by atoms with Gasteiger partial charge in [0.1, 0.15) is 0 Å². The third kappa shape index (κ3) is 5.10. The summed E-state index contributed by atoms with van der Waals surface area (Å²) in [7, 11) is -0.174. The minimum absolute atomic E-state index is 0.0863. The molecule has 168 valence electrons. The minimum Gasteiger partial charge on any atom is -0.454 e. The van der Waals surface area contributed by atoms with Crippen LogP contribution in [0.1, 0.15) is 56.4 Å². The summed E-state index contributed by atoms with van der Waals surface area (Å²) in [6.45, 7) is 3.75. The molecule has 8 heteroatoms. The molecule has 4 rings (SSSR count). The van der Waals surface area contributed by atoms with E-state index in [-0.39, 0.29) is 6.04 Å². The number of ether oxygens (including phenoxy) is 2. The Morgan fingerprint density at radius 2 is 1.80 bits per heavy atom. The quantitative estimate of drug-likeness (QED) is 0.710. The van der Waals surface area contributed by atoms with Crippen molar-refractivity contribution in [2.24, 2.45) is 5.92 Å². The Bertz CT molecular complexity index is 814. The third-order valence-electron chi connectivity index (χ3n) is 6.95. The smallest absolute Gasteiger partial charge is 0.279 e. The molecule has 0 unspecified atom stereocenters. The number of nitrogens with one attached hydrogen (secondary N) is 1. The van der Waals surface area contributed by atoms with E-state index in [1.807, 2.05) is 6.07 Å². The Morgan fingerprint density at radius 1 is 1.07 bits per heavy atom. The van der Waals surface area contributed by atoms with Crippen molar-refractivity contribution >= 4 is 10.2 Å². The zero-order chi connectivity index (χ0) is 21.1. The Hall–Kier alpha value is -1.35.